The van der Waals surface area contributed by atoms with Gasteiger partial charge in [0.1, 0.15) is 6.07 Å². The fraction of sp³-hybridized carbons (Fsp3) is 0.435. The van der Waals surface area contributed by atoms with Crippen molar-refractivity contribution in [2.75, 3.05) is 25.0 Å². The van der Waals surface area contributed by atoms with Crippen molar-refractivity contribution in [1.29, 1.82) is 5.26 Å². The first kappa shape index (κ1) is 22.4. The highest BCUT2D eigenvalue weighted by Gasteiger charge is 2.18. The number of pyridine rings is 2. The molecule has 1 aliphatic rings. The highest BCUT2D eigenvalue weighted by molar-refractivity contribution is 5.66. The molecule has 0 amide bonds. The van der Waals surface area contributed by atoms with Gasteiger partial charge in [0.05, 0.1) is 29.3 Å². The van der Waals surface area contributed by atoms with Crippen LogP contribution in [0, 0.1) is 11.3 Å². The number of nitrogens with zero attached hydrogens (tertiary/aromatic N) is 5. The van der Waals surface area contributed by atoms with E-state index in [2.05, 4.69) is 22.9 Å². The van der Waals surface area contributed by atoms with Crippen molar-refractivity contribution in [3.8, 4) is 6.07 Å². The summed E-state index contributed by atoms with van der Waals surface area (Å²) in [5.74, 6) is 6.07. The molecule has 0 aliphatic carbocycles. The Balaban J connectivity index is 1.97. The third kappa shape index (κ3) is 5.25. The van der Waals surface area contributed by atoms with E-state index in [9.17, 15) is 10.1 Å². The number of nitrogens with two attached hydrogens (primary N) is 2. The van der Waals surface area contributed by atoms with E-state index in [1.165, 1.54) is 11.4 Å². The fourth-order valence-electron chi connectivity index (χ4n) is 3.91. The maximum Gasteiger partial charge on any atom is 0.250 e. The van der Waals surface area contributed by atoms with Crippen molar-refractivity contribution in [3.05, 3.63) is 63.5 Å². The van der Waals surface area contributed by atoms with Crippen LogP contribution in [0.3, 0.4) is 0 Å². The number of allylic oxidation sites excluding steroid dienone is 1. The second-order valence-corrected chi connectivity index (χ2v) is 7.95. The van der Waals surface area contributed by atoms with Gasteiger partial charge in [-0.3, -0.25) is 4.79 Å². The SMILES string of the molecule is CCCc1ccc(=O)n(C/C(=C(/N)c2ccc(N3CCCCC3)c(C#N)n2)N(C)N)c1. The zero-order valence-electron chi connectivity index (χ0n) is 18.3. The summed E-state index contributed by atoms with van der Waals surface area (Å²) in [5.41, 5.74) is 9.96. The largest absolute Gasteiger partial charge is 0.395 e. The number of anilines is 1. The van der Waals surface area contributed by atoms with Gasteiger partial charge in [0.2, 0.25) is 0 Å². The molecular weight excluding hydrogens is 390 g/mol. The number of hydrogen-bond acceptors (Lipinski definition) is 7. The summed E-state index contributed by atoms with van der Waals surface area (Å²) in [4.78, 5) is 19.1. The predicted octanol–water partition coefficient (Wildman–Crippen LogP) is 2.19. The van der Waals surface area contributed by atoms with Crippen LogP contribution in [0.4, 0.5) is 5.69 Å². The van der Waals surface area contributed by atoms with Gasteiger partial charge < -0.3 is 20.2 Å². The fourth-order valence-corrected chi connectivity index (χ4v) is 3.91. The maximum atomic E-state index is 12.4. The average Bonchev–Trinajstić information content (AvgIpc) is 2.79. The molecule has 2 aromatic heterocycles. The highest BCUT2D eigenvalue weighted by Crippen LogP contribution is 2.25. The standard InChI is InChI=1S/C23H31N7O/c1-3-7-17-8-11-22(31)30(15-17)16-21(28(2)26)23(25)18-9-10-20(19(14-24)27-18)29-12-5-4-6-13-29/h8-11,15H,3-7,12-13,16,25-26H2,1-2H3/b23-21-. The van der Waals surface area contributed by atoms with Crippen LogP contribution in [0.5, 0.6) is 0 Å². The van der Waals surface area contributed by atoms with Gasteiger partial charge in [0.15, 0.2) is 5.69 Å². The van der Waals surface area contributed by atoms with Crippen LogP contribution < -0.4 is 22.0 Å². The number of nitriles is 1. The molecule has 0 spiro atoms. The molecule has 1 saturated heterocycles. The van der Waals surface area contributed by atoms with Gasteiger partial charge in [-0.25, -0.2) is 10.8 Å². The molecule has 1 fully saturated rings. The summed E-state index contributed by atoms with van der Waals surface area (Å²) in [7, 11) is 1.68. The minimum absolute atomic E-state index is 0.127. The molecule has 0 radical (unpaired) electrons. The van der Waals surface area contributed by atoms with Crippen molar-refractivity contribution >= 4 is 11.4 Å². The molecule has 0 aromatic carbocycles. The number of hydrogen-bond donors (Lipinski definition) is 2. The molecule has 3 rings (SSSR count). The zero-order valence-corrected chi connectivity index (χ0v) is 18.3. The van der Waals surface area contributed by atoms with Crippen molar-refractivity contribution < 1.29 is 0 Å². The number of hydrazine groups is 1. The first-order valence-electron chi connectivity index (χ1n) is 10.8. The Bertz CT molecular complexity index is 1040. The van der Waals surface area contributed by atoms with Crippen LogP contribution in [0.15, 0.2) is 41.0 Å². The number of rotatable bonds is 7. The lowest BCUT2D eigenvalue weighted by atomic mass is 10.1. The zero-order chi connectivity index (χ0) is 22.4. The van der Waals surface area contributed by atoms with Gasteiger partial charge in [-0.05, 0) is 43.4 Å². The number of piperidine rings is 1. The highest BCUT2D eigenvalue weighted by atomic mass is 16.1. The predicted molar refractivity (Wildman–Crippen MR) is 123 cm³/mol. The van der Waals surface area contributed by atoms with Crippen LogP contribution in [0.25, 0.3) is 5.70 Å². The van der Waals surface area contributed by atoms with Crippen LogP contribution >= 0.6 is 0 Å². The number of aryl methyl sites for hydroxylation is 1. The monoisotopic (exact) mass is 421 g/mol. The minimum atomic E-state index is -0.127. The van der Waals surface area contributed by atoms with Gasteiger partial charge >= 0.3 is 0 Å². The second kappa shape index (κ2) is 10.1. The van der Waals surface area contributed by atoms with E-state index in [0.29, 0.717) is 22.8 Å². The van der Waals surface area contributed by atoms with E-state index in [0.717, 1.165) is 50.0 Å². The number of likely N-dealkylation sites (N-methyl/N-ethyl adjacent to an activating group) is 1. The third-order valence-electron chi connectivity index (χ3n) is 5.59. The Morgan fingerprint density at radius 3 is 2.61 bits per heavy atom. The lowest BCUT2D eigenvalue weighted by Gasteiger charge is -2.29. The molecule has 1 aliphatic heterocycles. The van der Waals surface area contributed by atoms with Gasteiger partial charge in [-0.1, -0.05) is 19.4 Å². The minimum Gasteiger partial charge on any atom is -0.395 e. The van der Waals surface area contributed by atoms with E-state index < -0.39 is 0 Å². The topological polar surface area (TPSA) is 117 Å². The molecule has 0 unspecified atom stereocenters. The Hall–Kier alpha value is -3.31. The molecular formula is C23H31N7O. The number of aromatic nitrogens is 2. The summed E-state index contributed by atoms with van der Waals surface area (Å²) in [6.45, 7) is 4.16. The van der Waals surface area contributed by atoms with Crippen molar-refractivity contribution in [2.45, 2.75) is 45.6 Å². The van der Waals surface area contributed by atoms with Gasteiger partial charge in [0.25, 0.3) is 5.56 Å². The molecule has 31 heavy (non-hydrogen) atoms. The second-order valence-electron chi connectivity index (χ2n) is 7.95. The Morgan fingerprint density at radius 1 is 1.23 bits per heavy atom. The molecule has 2 aromatic rings. The molecule has 4 N–H and O–H groups in total. The third-order valence-corrected chi connectivity index (χ3v) is 5.59. The average molecular weight is 422 g/mol. The van der Waals surface area contributed by atoms with Crippen LogP contribution in [0.1, 0.15) is 49.6 Å². The molecule has 0 saturated carbocycles. The maximum absolute atomic E-state index is 12.4. The Labute approximate surface area is 183 Å². The van der Waals surface area contributed by atoms with Crippen LogP contribution in [-0.2, 0) is 13.0 Å². The first-order valence-corrected chi connectivity index (χ1v) is 10.8. The van der Waals surface area contributed by atoms with Gasteiger partial charge in [-0.15, -0.1) is 0 Å². The summed E-state index contributed by atoms with van der Waals surface area (Å²) in [6, 6.07) is 9.34. The smallest absolute Gasteiger partial charge is 0.250 e. The first-order chi connectivity index (χ1) is 14.9. The van der Waals surface area contributed by atoms with Crippen LogP contribution in [0.2, 0.25) is 0 Å². The summed E-state index contributed by atoms with van der Waals surface area (Å²) in [6.07, 6.45) is 7.16. The molecule has 0 atom stereocenters. The van der Waals surface area contributed by atoms with E-state index >= 15 is 0 Å². The Kier molecular flexibility index (Phi) is 7.32. The van der Waals surface area contributed by atoms with Gasteiger partial charge in [-0.2, -0.15) is 5.26 Å². The molecule has 164 valence electrons. The van der Waals surface area contributed by atoms with E-state index in [4.69, 9.17) is 11.6 Å². The molecule has 3 heterocycles. The lowest BCUT2D eigenvalue weighted by Crippen LogP contribution is -2.33. The molecule has 8 nitrogen and oxygen atoms in total. The van der Waals surface area contributed by atoms with E-state index in [1.54, 1.807) is 17.7 Å². The Morgan fingerprint density at radius 2 is 1.97 bits per heavy atom. The quantitative estimate of drug-likeness (QED) is 0.520. The van der Waals surface area contributed by atoms with E-state index in [-0.39, 0.29) is 12.1 Å². The van der Waals surface area contributed by atoms with Crippen molar-refractivity contribution in [2.24, 2.45) is 11.6 Å². The van der Waals surface area contributed by atoms with E-state index in [1.807, 2.05) is 24.4 Å². The summed E-state index contributed by atoms with van der Waals surface area (Å²) < 4.78 is 1.60. The lowest BCUT2D eigenvalue weighted by molar-refractivity contribution is 0.409. The molecule has 8 heteroatoms. The molecule has 0 bridgehead atoms. The normalized spacial score (nSPS) is 14.7. The van der Waals surface area contributed by atoms with Crippen LogP contribution in [-0.4, -0.2) is 34.7 Å². The van der Waals surface area contributed by atoms with Gasteiger partial charge in [0, 0.05) is 32.4 Å². The summed E-state index contributed by atoms with van der Waals surface area (Å²) in [5, 5.41) is 11.1. The van der Waals surface area contributed by atoms with Crippen molar-refractivity contribution in [3.63, 3.8) is 0 Å². The van der Waals surface area contributed by atoms with Crippen molar-refractivity contribution in [1.82, 2.24) is 14.6 Å². The summed E-state index contributed by atoms with van der Waals surface area (Å²) >= 11 is 0.